The monoisotopic (exact) mass is 669 g/mol. The Morgan fingerprint density at radius 2 is 1.69 bits per heavy atom. The van der Waals surface area contributed by atoms with E-state index in [1.165, 1.54) is 4.90 Å². The fraction of sp³-hybridized carbons (Fsp3) is 0.485. The molecule has 0 aliphatic carbocycles. The maximum Gasteiger partial charge on any atom is 0.410 e. The highest BCUT2D eigenvalue weighted by atomic mass is 19.4. The van der Waals surface area contributed by atoms with Gasteiger partial charge in [-0.05, 0) is 63.9 Å². The van der Waals surface area contributed by atoms with E-state index < -0.39 is 48.4 Å². The van der Waals surface area contributed by atoms with Gasteiger partial charge >= 0.3 is 12.3 Å². The minimum Gasteiger partial charge on any atom is -0.444 e. The summed E-state index contributed by atoms with van der Waals surface area (Å²) in [7, 11) is 0. The molecule has 0 radical (unpaired) electrons. The number of piperidine rings is 1. The third kappa shape index (κ3) is 6.37. The van der Waals surface area contributed by atoms with E-state index in [0.29, 0.717) is 36.4 Å². The standard InChI is InChI=1S/C33H38F3N7O5/c1-31(2,3)48-30(47)42-16-15-40(19-26(42)33(34,35)36)27(44)20-41-21-43(24-7-5-4-6-8-24)32(29(41)46)11-13-39(14-12-32)28(45)22-9-10-25-23(17-22)18-37-38-25/h4-10,17-18,26H,11-16,19-21H2,1-3H3,(H,37,38)/t26-/m0/s1. The zero-order valence-corrected chi connectivity index (χ0v) is 27.0. The molecular formula is C33H38F3N7O5. The number of rotatable bonds is 4. The quantitative estimate of drug-likeness (QED) is 0.448. The fourth-order valence-corrected chi connectivity index (χ4v) is 6.75. The van der Waals surface area contributed by atoms with Crippen LogP contribution in [0, 0.1) is 0 Å². The number of anilines is 1. The fourth-order valence-electron chi connectivity index (χ4n) is 6.75. The molecule has 1 atom stereocenters. The molecule has 3 saturated heterocycles. The molecule has 3 aliphatic heterocycles. The highest BCUT2D eigenvalue weighted by Crippen LogP contribution is 2.40. The van der Waals surface area contributed by atoms with Crippen molar-refractivity contribution in [2.75, 3.05) is 50.8 Å². The molecule has 1 aromatic heterocycles. The Bertz CT molecular complexity index is 1700. The van der Waals surface area contributed by atoms with Gasteiger partial charge in [-0.25, -0.2) is 4.79 Å². The molecule has 15 heteroatoms. The molecule has 0 unspecified atom stereocenters. The number of halogens is 3. The van der Waals surface area contributed by atoms with Crippen LogP contribution < -0.4 is 4.90 Å². The first-order valence-corrected chi connectivity index (χ1v) is 15.8. The van der Waals surface area contributed by atoms with Crippen molar-refractivity contribution < 1.29 is 37.1 Å². The number of hydrogen-bond donors (Lipinski definition) is 1. The summed E-state index contributed by atoms with van der Waals surface area (Å²) in [5, 5.41) is 7.68. The SMILES string of the molecule is CC(C)(C)OC(=O)N1CCN(C(=O)CN2CN(c3ccccc3)C3(CCN(C(=O)c4ccc5[nH]ncc5c4)CC3)C2=O)C[C@H]1C(F)(F)F. The maximum absolute atomic E-state index is 14.2. The number of ether oxygens (including phenoxy) is 1. The number of piperazine rings is 1. The number of amides is 4. The second-order valence-corrected chi connectivity index (χ2v) is 13.5. The molecule has 12 nitrogen and oxygen atoms in total. The van der Waals surface area contributed by atoms with Crippen molar-refractivity contribution in [3.8, 4) is 0 Å². The molecule has 1 N–H and O–H groups in total. The van der Waals surface area contributed by atoms with Crippen LogP contribution in [0.5, 0.6) is 0 Å². The van der Waals surface area contributed by atoms with Gasteiger partial charge in [0.1, 0.15) is 23.7 Å². The van der Waals surface area contributed by atoms with Crippen molar-refractivity contribution in [2.45, 2.75) is 57.0 Å². The van der Waals surface area contributed by atoms with Gasteiger partial charge in [-0.15, -0.1) is 0 Å². The van der Waals surface area contributed by atoms with Crippen molar-refractivity contribution in [3.63, 3.8) is 0 Å². The van der Waals surface area contributed by atoms with E-state index in [-0.39, 0.29) is 31.6 Å². The molecule has 3 aliphatic rings. The number of hydrogen-bond acceptors (Lipinski definition) is 7. The van der Waals surface area contributed by atoms with Crippen LogP contribution in [0.15, 0.2) is 54.7 Å². The zero-order valence-electron chi connectivity index (χ0n) is 27.0. The Kier molecular flexibility index (Phi) is 8.50. The topological polar surface area (TPSA) is 122 Å². The number of aromatic amines is 1. The molecule has 4 heterocycles. The first-order valence-electron chi connectivity index (χ1n) is 15.8. The Morgan fingerprint density at radius 1 is 0.979 bits per heavy atom. The summed E-state index contributed by atoms with van der Waals surface area (Å²) in [5.41, 5.74) is 0.0431. The average molecular weight is 670 g/mol. The lowest BCUT2D eigenvalue weighted by atomic mass is 9.85. The van der Waals surface area contributed by atoms with Crippen LogP contribution in [0.25, 0.3) is 10.9 Å². The van der Waals surface area contributed by atoms with Gasteiger partial charge in [0.05, 0.1) is 24.9 Å². The van der Waals surface area contributed by atoms with E-state index in [1.807, 2.05) is 35.2 Å². The second kappa shape index (κ2) is 12.3. The molecule has 1 spiro atoms. The van der Waals surface area contributed by atoms with Crippen LogP contribution in [-0.4, -0.2) is 123 Å². The zero-order chi connectivity index (χ0) is 34.4. The number of likely N-dealkylation sites (tertiary alicyclic amines) is 1. The van der Waals surface area contributed by atoms with E-state index >= 15 is 0 Å². The molecule has 0 bridgehead atoms. The van der Waals surface area contributed by atoms with Crippen molar-refractivity contribution in [1.29, 1.82) is 0 Å². The number of nitrogens with zero attached hydrogens (tertiary/aromatic N) is 6. The lowest BCUT2D eigenvalue weighted by molar-refractivity contribution is -0.194. The molecule has 3 fully saturated rings. The van der Waals surface area contributed by atoms with Crippen LogP contribution in [0.1, 0.15) is 44.0 Å². The number of alkyl halides is 3. The summed E-state index contributed by atoms with van der Waals surface area (Å²) in [4.78, 5) is 60.5. The van der Waals surface area contributed by atoms with Crippen molar-refractivity contribution in [2.24, 2.45) is 0 Å². The third-order valence-electron chi connectivity index (χ3n) is 9.21. The lowest BCUT2D eigenvalue weighted by Crippen LogP contribution is -2.63. The molecule has 256 valence electrons. The number of carbonyl (C=O) groups excluding carboxylic acids is 4. The van der Waals surface area contributed by atoms with Crippen molar-refractivity contribution in [3.05, 3.63) is 60.3 Å². The van der Waals surface area contributed by atoms with Gasteiger partial charge < -0.3 is 24.3 Å². The Balaban J connectivity index is 1.17. The van der Waals surface area contributed by atoms with E-state index in [1.54, 1.807) is 50.1 Å². The molecular weight excluding hydrogens is 631 g/mol. The van der Waals surface area contributed by atoms with Crippen LogP contribution >= 0.6 is 0 Å². The molecule has 0 saturated carbocycles. The van der Waals surface area contributed by atoms with Gasteiger partial charge in [0.2, 0.25) is 5.91 Å². The maximum atomic E-state index is 14.2. The summed E-state index contributed by atoms with van der Waals surface area (Å²) in [5.74, 6) is -1.12. The summed E-state index contributed by atoms with van der Waals surface area (Å²) in [6.45, 7) is 3.64. The summed E-state index contributed by atoms with van der Waals surface area (Å²) in [6.07, 6.45) is -3.65. The van der Waals surface area contributed by atoms with Gasteiger partial charge in [-0.1, -0.05) is 18.2 Å². The first kappa shape index (κ1) is 33.1. The molecule has 4 amide bonds. The van der Waals surface area contributed by atoms with Crippen LogP contribution in [-0.2, 0) is 14.3 Å². The number of aromatic nitrogens is 2. The van der Waals surface area contributed by atoms with E-state index in [2.05, 4.69) is 10.2 Å². The second-order valence-electron chi connectivity index (χ2n) is 13.5. The van der Waals surface area contributed by atoms with Gasteiger partial charge in [0.15, 0.2) is 0 Å². The molecule has 3 aromatic rings. The smallest absolute Gasteiger partial charge is 0.410 e. The van der Waals surface area contributed by atoms with Crippen molar-refractivity contribution in [1.82, 2.24) is 29.8 Å². The van der Waals surface area contributed by atoms with Crippen LogP contribution in [0.2, 0.25) is 0 Å². The van der Waals surface area contributed by atoms with Gasteiger partial charge in [0, 0.05) is 42.8 Å². The number of para-hydroxylation sites is 1. The largest absolute Gasteiger partial charge is 0.444 e. The minimum atomic E-state index is -4.80. The third-order valence-corrected chi connectivity index (χ3v) is 9.21. The molecule has 48 heavy (non-hydrogen) atoms. The van der Waals surface area contributed by atoms with E-state index in [0.717, 1.165) is 21.5 Å². The first-order chi connectivity index (χ1) is 22.7. The number of H-pyrrole nitrogens is 1. The van der Waals surface area contributed by atoms with E-state index in [4.69, 9.17) is 4.74 Å². The molecule has 2 aromatic carbocycles. The predicted molar refractivity (Wildman–Crippen MR) is 169 cm³/mol. The number of benzene rings is 2. The van der Waals surface area contributed by atoms with Crippen LogP contribution in [0.4, 0.5) is 23.7 Å². The van der Waals surface area contributed by atoms with Crippen molar-refractivity contribution >= 4 is 40.4 Å². The number of fused-ring (bicyclic) bond motifs is 1. The summed E-state index contributed by atoms with van der Waals surface area (Å²) < 4.78 is 47.6. The van der Waals surface area contributed by atoms with Gasteiger partial charge in [-0.3, -0.25) is 24.4 Å². The Morgan fingerprint density at radius 3 is 2.35 bits per heavy atom. The molecule has 6 rings (SSSR count). The number of carbonyl (C=O) groups is 4. The van der Waals surface area contributed by atoms with Gasteiger partial charge in [0.25, 0.3) is 11.8 Å². The predicted octanol–water partition coefficient (Wildman–Crippen LogP) is 3.85. The summed E-state index contributed by atoms with van der Waals surface area (Å²) in [6, 6.07) is 12.3. The Hall–Kier alpha value is -4.82. The highest BCUT2D eigenvalue weighted by molar-refractivity contribution is 5.99. The Labute approximate surface area is 275 Å². The lowest BCUT2D eigenvalue weighted by Gasteiger charge is -2.43. The van der Waals surface area contributed by atoms with E-state index in [9.17, 15) is 32.3 Å². The highest BCUT2D eigenvalue weighted by Gasteiger charge is 2.55. The summed E-state index contributed by atoms with van der Waals surface area (Å²) >= 11 is 0. The van der Waals surface area contributed by atoms with Gasteiger partial charge in [-0.2, -0.15) is 18.3 Å². The minimum absolute atomic E-state index is 0.0558. The average Bonchev–Trinajstić information content (AvgIpc) is 3.62. The normalized spacial score (nSPS) is 20.2. The number of nitrogens with one attached hydrogen (secondary N) is 1. The van der Waals surface area contributed by atoms with Crippen LogP contribution in [0.3, 0.4) is 0 Å².